The number of methoxy groups -OCH3 is 1. The predicted octanol–water partition coefficient (Wildman–Crippen LogP) is 3.34. The summed E-state index contributed by atoms with van der Waals surface area (Å²) in [6.07, 6.45) is 6.61. The first-order valence-corrected chi connectivity index (χ1v) is 17.0. The molecule has 0 radical (unpaired) electrons. The minimum absolute atomic E-state index is 0.205. The van der Waals surface area contributed by atoms with E-state index < -0.39 is 10.0 Å². The first kappa shape index (κ1) is 28.5. The van der Waals surface area contributed by atoms with E-state index in [1.165, 1.54) is 43.4 Å². The van der Waals surface area contributed by atoms with Gasteiger partial charge in [-0.05, 0) is 45.7 Å². The summed E-state index contributed by atoms with van der Waals surface area (Å²) in [5.41, 5.74) is 3.93. The van der Waals surface area contributed by atoms with E-state index in [4.69, 9.17) is 19.4 Å². The van der Waals surface area contributed by atoms with Crippen molar-refractivity contribution < 1.29 is 17.9 Å². The molecule has 3 saturated heterocycles. The number of rotatable bonds is 8. The van der Waals surface area contributed by atoms with Crippen molar-refractivity contribution in [3.63, 3.8) is 0 Å². The minimum atomic E-state index is -3.54. The normalized spacial score (nSPS) is 22.6. The second-order valence-corrected chi connectivity index (χ2v) is 14.3. The molecule has 11 nitrogen and oxygen atoms in total. The molecule has 1 N–H and O–H groups in total. The number of pyridine rings is 1. The average Bonchev–Trinajstić information content (AvgIpc) is 3.67. The van der Waals surface area contributed by atoms with Gasteiger partial charge in [0.2, 0.25) is 21.9 Å². The van der Waals surface area contributed by atoms with Crippen LogP contribution < -0.4 is 14.4 Å². The molecule has 0 amide bonds. The van der Waals surface area contributed by atoms with Gasteiger partial charge in [-0.2, -0.15) is 0 Å². The molecule has 222 valence electrons. The Labute approximate surface area is 245 Å². The van der Waals surface area contributed by atoms with Gasteiger partial charge in [-0.3, -0.25) is 14.5 Å². The summed E-state index contributed by atoms with van der Waals surface area (Å²) in [4.78, 5) is 23.3. The Morgan fingerprint density at radius 3 is 2.68 bits per heavy atom. The van der Waals surface area contributed by atoms with E-state index >= 15 is 0 Å². The first-order valence-electron chi connectivity index (χ1n) is 14.3. The fraction of sp³-hybridized carbons (Fsp3) is 0.607. The zero-order valence-electron chi connectivity index (χ0n) is 24.2. The molecule has 0 aliphatic carbocycles. The number of thiophene rings is 1. The molecule has 0 spiro atoms. The molecule has 6 rings (SSSR count). The maximum atomic E-state index is 12.1. The lowest BCUT2D eigenvalue weighted by molar-refractivity contribution is 0.122. The molecule has 3 aromatic heterocycles. The Balaban J connectivity index is 1.40. The predicted molar refractivity (Wildman–Crippen MR) is 163 cm³/mol. The van der Waals surface area contributed by atoms with Crippen molar-refractivity contribution in [1.29, 1.82) is 0 Å². The van der Waals surface area contributed by atoms with Crippen LogP contribution in [0.5, 0.6) is 5.88 Å². The van der Waals surface area contributed by atoms with Gasteiger partial charge in [0.1, 0.15) is 5.69 Å². The molecule has 2 atom stereocenters. The standard InChI is InChI=1S/C28H39N7O4S2/c1-18-6-5-8-35(18)21-7-9-33(16-21)17-22-19(2)40-26-24(30-28(31-25(22)26)34-10-12-39-13-11-34)20-14-23(32-41(4,36)37)27(38-3)29-15-20/h14-15,18,21,32H,5-13,16-17H2,1-4H3/t18-,21-/m1/s1. The number of nitrogens with one attached hydrogen (secondary N) is 1. The smallest absolute Gasteiger partial charge is 0.238 e. The van der Waals surface area contributed by atoms with Crippen molar-refractivity contribution in [3.8, 4) is 17.1 Å². The van der Waals surface area contributed by atoms with Gasteiger partial charge in [0.25, 0.3) is 0 Å². The van der Waals surface area contributed by atoms with Crippen molar-refractivity contribution >= 4 is 43.2 Å². The summed E-state index contributed by atoms with van der Waals surface area (Å²) in [5.74, 6) is 0.866. The Morgan fingerprint density at radius 1 is 1.17 bits per heavy atom. The van der Waals surface area contributed by atoms with Gasteiger partial charge >= 0.3 is 0 Å². The lowest BCUT2D eigenvalue weighted by Gasteiger charge is -2.28. The van der Waals surface area contributed by atoms with Gasteiger partial charge in [0.15, 0.2) is 0 Å². The Kier molecular flexibility index (Phi) is 8.07. The number of hydrogen-bond acceptors (Lipinski definition) is 11. The monoisotopic (exact) mass is 601 g/mol. The molecule has 3 aliphatic heterocycles. The van der Waals surface area contributed by atoms with Crippen LogP contribution in [-0.4, -0.2) is 105 Å². The third-order valence-corrected chi connectivity index (χ3v) is 10.2. The number of aromatic nitrogens is 3. The number of hydrogen-bond donors (Lipinski definition) is 1. The second kappa shape index (κ2) is 11.6. The van der Waals surface area contributed by atoms with E-state index in [0.717, 1.165) is 41.8 Å². The third kappa shape index (κ3) is 6.00. The van der Waals surface area contributed by atoms with Gasteiger partial charge < -0.3 is 14.4 Å². The van der Waals surface area contributed by atoms with Gasteiger partial charge in [0, 0.05) is 67.0 Å². The number of likely N-dealkylation sites (tertiary alicyclic amines) is 2. The van der Waals surface area contributed by atoms with Crippen LogP contribution in [0.3, 0.4) is 0 Å². The van der Waals surface area contributed by atoms with E-state index in [1.807, 2.05) is 0 Å². The highest BCUT2D eigenvalue weighted by molar-refractivity contribution is 7.92. The van der Waals surface area contributed by atoms with Gasteiger partial charge in [0.05, 0.1) is 42.5 Å². The molecule has 3 aliphatic rings. The van der Waals surface area contributed by atoms with Crippen LogP contribution in [0.4, 0.5) is 11.6 Å². The van der Waals surface area contributed by atoms with E-state index in [1.54, 1.807) is 23.6 Å². The maximum absolute atomic E-state index is 12.1. The molecule has 3 fully saturated rings. The van der Waals surface area contributed by atoms with Crippen LogP contribution >= 0.6 is 11.3 Å². The quantitative estimate of drug-likeness (QED) is 0.413. The molecule has 0 unspecified atom stereocenters. The summed E-state index contributed by atoms with van der Waals surface area (Å²) >= 11 is 1.69. The first-order chi connectivity index (χ1) is 19.7. The topological polar surface area (TPSA) is 113 Å². The van der Waals surface area contributed by atoms with E-state index in [-0.39, 0.29) is 11.6 Å². The van der Waals surface area contributed by atoms with Crippen LogP contribution in [0.25, 0.3) is 21.5 Å². The van der Waals surface area contributed by atoms with Gasteiger partial charge in [-0.25, -0.2) is 23.4 Å². The molecule has 0 aromatic carbocycles. The molecular formula is C28H39N7O4S2. The Morgan fingerprint density at radius 2 is 1.98 bits per heavy atom. The third-order valence-electron chi connectivity index (χ3n) is 8.43. The van der Waals surface area contributed by atoms with Gasteiger partial charge in [-0.1, -0.05) is 0 Å². The molecule has 3 aromatic rings. The zero-order chi connectivity index (χ0) is 28.7. The van der Waals surface area contributed by atoms with Crippen LogP contribution in [0.15, 0.2) is 12.3 Å². The Bertz CT molecular complexity index is 1520. The van der Waals surface area contributed by atoms with Crippen molar-refractivity contribution in [2.45, 2.75) is 51.7 Å². The highest BCUT2D eigenvalue weighted by Crippen LogP contribution is 2.40. The second-order valence-electron chi connectivity index (χ2n) is 11.3. The van der Waals surface area contributed by atoms with E-state index in [0.29, 0.717) is 49.9 Å². The summed E-state index contributed by atoms with van der Waals surface area (Å²) in [6, 6.07) is 3.04. The van der Waals surface area contributed by atoms with Crippen molar-refractivity contribution in [2.24, 2.45) is 0 Å². The molecule has 0 bridgehead atoms. The molecule has 41 heavy (non-hydrogen) atoms. The molecule has 6 heterocycles. The molecular weight excluding hydrogens is 562 g/mol. The largest absolute Gasteiger partial charge is 0.480 e. The summed E-state index contributed by atoms with van der Waals surface area (Å²) < 4.78 is 38.6. The Hall–Kier alpha value is -2.58. The zero-order valence-corrected chi connectivity index (χ0v) is 25.9. The summed E-state index contributed by atoms with van der Waals surface area (Å²) in [7, 11) is -2.07. The number of sulfonamides is 1. The number of ether oxygens (including phenoxy) is 2. The number of aryl methyl sites for hydroxylation is 1. The van der Waals surface area contributed by atoms with Crippen molar-refractivity contribution in [1.82, 2.24) is 24.8 Å². The lowest BCUT2D eigenvalue weighted by Crippen LogP contribution is -2.39. The highest BCUT2D eigenvalue weighted by atomic mass is 32.2. The van der Waals surface area contributed by atoms with Crippen molar-refractivity contribution in [3.05, 3.63) is 22.7 Å². The lowest BCUT2D eigenvalue weighted by atomic mass is 10.1. The van der Waals surface area contributed by atoms with Crippen molar-refractivity contribution in [2.75, 3.05) is 68.9 Å². The number of fused-ring (bicyclic) bond motifs is 1. The highest BCUT2D eigenvalue weighted by Gasteiger charge is 2.33. The van der Waals surface area contributed by atoms with Crippen LogP contribution in [0.2, 0.25) is 0 Å². The maximum Gasteiger partial charge on any atom is 0.238 e. The number of nitrogens with zero attached hydrogens (tertiary/aromatic N) is 6. The minimum Gasteiger partial charge on any atom is -0.480 e. The average molecular weight is 602 g/mol. The summed E-state index contributed by atoms with van der Waals surface area (Å²) in [6.45, 7) is 11.4. The van der Waals surface area contributed by atoms with Crippen LogP contribution in [-0.2, 0) is 21.3 Å². The van der Waals surface area contributed by atoms with Crippen LogP contribution in [0.1, 0.15) is 36.6 Å². The number of anilines is 2. The molecule has 13 heteroatoms. The fourth-order valence-electron chi connectivity index (χ4n) is 6.37. The van der Waals surface area contributed by atoms with E-state index in [2.05, 4.69) is 38.3 Å². The fourth-order valence-corrected chi connectivity index (χ4v) is 8.04. The summed E-state index contributed by atoms with van der Waals surface area (Å²) in [5, 5.41) is 0. The molecule has 0 saturated carbocycles. The van der Waals surface area contributed by atoms with Gasteiger partial charge in [-0.15, -0.1) is 11.3 Å². The number of morpholine rings is 1. The SMILES string of the molecule is COc1ncc(-c2nc(N3CCOCC3)nc3c(CN4CC[C@@H](N5CCC[C@H]5C)C4)c(C)sc23)cc1NS(C)(=O)=O. The van der Waals surface area contributed by atoms with Crippen LogP contribution in [0, 0.1) is 6.92 Å². The van der Waals surface area contributed by atoms with E-state index in [9.17, 15) is 8.42 Å².